The zero-order chi connectivity index (χ0) is 20.5. The molecule has 4 heteroatoms. The zero-order valence-electron chi connectivity index (χ0n) is 16.8. The largest absolute Gasteiger partial charge is 0.244 e. The number of benzene rings is 2. The second kappa shape index (κ2) is 10.2. The van der Waals surface area contributed by atoms with Crippen LogP contribution < -0.4 is 0 Å². The van der Waals surface area contributed by atoms with Crippen LogP contribution in [-0.4, -0.2) is 25.8 Å². The average molecular weight is 406 g/mol. The van der Waals surface area contributed by atoms with Crippen LogP contribution in [0.3, 0.4) is 0 Å². The predicted octanol–water partition coefficient (Wildman–Crippen LogP) is 5.20. The Hall–Kier alpha value is -2.61. The molecule has 0 N–H and O–H groups in total. The van der Waals surface area contributed by atoms with Gasteiger partial charge < -0.3 is 0 Å². The standard InChI is InChI=1S/C25H27NO2S/c1-22-16-18-25(19-17-22)29(27,28)26(20-8-14-23-10-4-2-5-11-23)21-9-15-24-12-6-3-7-13-24/h2,4-5,8,10-12,14,16-19H,3,6-7,13,20-21H2,1H3/b14-8+. The summed E-state index contributed by atoms with van der Waals surface area (Å²) in [4.78, 5) is 0.301. The number of aryl methyl sites for hydroxylation is 1. The van der Waals surface area contributed by atoms with Crippen LogP contribution in [0, 0.1) is 18.8 Å². The Morgan fingerprint density at radius 2 is 1.79 bits per heavy atom. The van der Waals surface area contributed by atoms with Gasteiger partial charge in [-0.15, -0.1) is 0 Å². The van der Waals surface area contributed by atoms with Crippen LogP contribution >= 0.6 is 0 Å². The van der Waals surface area contributed by atoms with Crippen LogP contribution in [0.4, 0.5) is 0 Å². The van der Waals surface area contributed by atoms with E-state index in [1.54, 1.807) is 12.1 Å². The Morgan fingerprint density at radius 3 is 2.48 bits per heavy atom. The van der Waals surface area contributed by atoms with Crippen molar-refractivity contribution in [1.82, 2.24) is 4.31 Å². The minimum absolute atomic E-state index is 0.173. The van der Waals surface area contributed by atoms with Crippen molar-refractivity contribution in [3.05, 3.63) is 83.4 Å². The first-order chi connectivity index (χ1) is 14.1. The maximum absolute atomic E-state index is 13.2. The highest BCUT2D eigenvalue weighted by molar-refractivity contribution is 7.89. The second-order valence-electron chi connectivity index (χ2n) is 7.20. The molecule has 2 aromatic carbocycles. The van der Waals surface area contributed by atoms with Crippen molar-refractivity contribution in [2.75, 3.05) is 13.1 Å². The van der Waals surface area contributed by atoms with E-state index in [0.29, 0.717) is 4.90 Å². The smallest absolute Gasteiger partial charge is 0.207 e. The lowest BCUT2D eigenvalue weighted by atomic mass is 10.0. The van der Waals surface area contributed by atoms with Gasteiger partial charge in [-0.05, 0) is 55.9 Å². The molecular weight excluding hydrogens is 378 g/mol. The first-order valence-electron chi connectivity index (χ1n) is 10.0. The lowest BCUT2D eigenvalue weighted by Gasteiger charge is -2.18. The highest BCUT2D eigenvalue weighted by atomic mass is 32.2. The number of hydrogen-bond acceptors (Lipinski definition) is 2. The topological polar surface area (TPSA) is 37.4 Å². The van der Waals surface area contributed by atoms with Gasteiger partial charge in [-0.1, -0.05) is 78.1 Å². The fourth-order valence-electron chi connectivity index (χ4n) is 3.17. The normalized spacial score (nSPS) is 14.5. The maximum Gasteiger partial charge on any atom is 0.244 e. The summed E-state index contributed by atoms with van der Waals surface area (Å²) in [5.41, 5.74) is 3.20. The SMILES string of the molecule is Cc1ccc(S(=O)(=O)N(CC#CC2=CCCCC2)C/C=C/c2ccccc2)cc1. The molecule has 29 heavy (non-hydrogen) atoms. The summed E-state index contributed by atoms with van der Waals surface area (Å²) in [6.07, 6.45) is 10.4. The van der Waals surface area contributed by atoms with Gasteiger partial charge >= 0.3 is 0 Å². The van der Waals surface area contributed by atoms with Crippen molar-refractivity contribution in [2.45, 2.75) is 37.5 Å². The lowest BCUT2D eigenvalue weighted by molar-refractivity contribution is 0.478. The molecule has 0 aliphatic heterocycles. The molecule has 0 saturated heterocycles. The fraction of sp³-hybridized carbons (Fsp3) is 0.280. The molecule has 0 saturated carbocycles. The predicted molar refractivity (Wildman–Crippen MR) is 120 cm³/mol. The van der Waals surface area contributed by atoms with Gasteiger partial charge in [-0.3, -0.25) is 0 Å². The third-order valence-electron chi connectivity index (χ3n) is 4.87. The minimum atomic E-state index is -3.62. The summed E-state index contributed by atoms with van der Waals surface area (Å²) in [6.45, 7) is 2.39. The van der Waals surface area contributed by atoms with E-state index in [4.69, 9.17) is 0 Å². The Morgan fingerprint density at radius 1 is 1.03 bits per heavy atom. The van der Waals surface area contributed by atoms with Gasteiger partial charge in [0.1, 0.15) is 0 Å². The molecule has 0 fully saturated rings. The third kappa shape index (κ3) is 6.19. The summed E-state index contributed by atoms with van der Waals surface area (Å²) in [5, 5.41) is 0. The first-order valence-corrected chi connectivity index (χ1v) is 11.5. The molecular formula is C25H27NO2S. The molecule has 0 radical (unpaired) electrons. The van der Waals surface area contributed by atoms with Gasteiger partial charge in [-0.2, -0.15) is 4.31 Å². The Kier molecular flexibility index (Phi) is 7.46. The van der Waals surface area contributed by atoms with Crippen molar-refractivity contribution in [2.24, 2.45) is 0 Å². The van der Waals surface area contributed by atoms with Crippen LogP contribution in [0.25, 0.3) is 6.08 Å². The molecule has 0 aromatic heterocycles. The van der Waals surface area contributed by atoms with Crippen molar-refractivity contribution in [3.63, 3.8) is 0 Å². The van der Waals surface area contributed by atoms with Crippen LogP contribution in [0.1, 0.15) is 36.8 Å². The summed E-state index contributed by atoms with van der Waals surface area (Å²) in [6, 6.07) is 16.8. The zero-order valence-corrected chi connectivity index (χ0v) is 17.7. The van der Waals surface area contributed by atoms with E-state index in [-0.39, 0.29) is 13.1 Å². The molecule has 150 valence electrons. The number of allylic oxidation sites excluding steroid dienone is 2. The molecule has 1 aliphatic carbocycles. The van der Waals surface area contributed by atoms with E-state index in [2.05, 4.69) is 17.9 Å². The maximum atomic E-state index is 13.2. The highest BCUT2D eigenvalue weighted by Crippen LogP contribution is 2.18. The summed E-state index contributed by atoms with van der Waals surface area (Å²) in [5.74, 6) is 6.26. The van der Waals surface area contributed by atoms with E-state index < -0.39 is 10.0 Å². The van der Waals surface area contributed by atoms with E-state index in [1.807, 2.05) is 61.5 Å². The quantitative estimate of drug-likeness (QED) is 0.619. The van der Waals surface area contributed by atoms with Gasteiger partial charge in [-0.25, -0.2) is 8.42 Å². The molecule has 1 aliphatic rings. The minimum Gasteiger partial charge on any atom is -0.207 e. The molecule has 0 amide bonds. The van der Waals surface area contributed by atoms with E-state index in [0.717, 1.165) is 36.0 Å². The highest BCUT2D eigenvalue weighted by Gasteiger charge is 2.22. The molecule has 0 spiro atoms. The summed E-state index contributed by atoms with van der Waals surface area (Å²) >= 11 is 0. The number of nitrogens with zero attached hydrogens (tertiary/aromatic N) is 1. The van der Waals surface area contributed by atoms with Gasteiger partial charge in [0.15, 0.2) is 0 Å². The molecule has 2 aromatic rings. The first kappa shape index (κ1) is 21.1. The van der Waals surface area contributed by atoms with E-state index in [1.165, 1.54) is 10.7 Å². The van der Waals surface area contributed by atoms with Crippen molar-refractivity contribution < 1.29 is 8.42 Å². The van der Waals surface area contributed by atoms with Crippen LogP contribution in [0.5, 0.6) is 0 Å². The van der Waals surface area contributed by atoms with Gasteiger partial charge in [0, 0.05) is 6.54 Å². The van der Waals surface area contributed by atoms with Crippen LogP contribution in [0.2, 0.25) is 0 Å². The monoisotopic (exact) mass is 405 g/mol. The average Bonchev–Trinajstić information content (AvgIpc) is 2.74. The van der Waals surface area contributed by atoms with Gasteiger partial charge in [0.05, 0.1) is 11.4 Å². The van der Waals surface area contributed by atoms with E-state index >= 15 is 0 Å². The van der Waals surface area contributed by atoms with E-state index in [9.17, 15) is 8.42 Å². The molecule has 3 rings (SSSR count). The van der Waals surface area contributed by atoms with Crippen molar-refractivity contribution in [1.29, 1.82) is 0 Å². The van der Waals surface area contributed by atoms with Crippen molar-refractivity contribution in [3.8, 4) is 11.8 Å². The van der Waals surface area contributed by atoms with Gasteiger partial charge in [0.2, 0.25) is 10.0 Å². The molecule has 0 unspecified atom stereocenters. The number of sulfonamides is 1. The Labute approximate surface area is 174 Å². The molecule has 0 heterocycles. The Bertz CT molecular complexity index is 1020. The second-order valence-corrected chi connectivity index (χ2v) is 9.14. The molecule has 0 bridgehead atoms. The number of hydrogen-bond donors (Lipinski definition) is 0. The van der Waals surface area contributed by atoms with Crippen LogP contribution in [-0.2, 0) is 10.0 Å². The summed E-state index contributed by atoms with van der Waals surface area (Å²) < 4.78 is 27.8. The lowest BCUT2D eigenvalue weighted by Crippen LogP contribution is -2.31. The Balaban J connectivity index is 1.80. The fourth-order valence-corrected chi connectivity index (χ4v) is 4.47. The van der Waals surface area contributed by atoms with Crippen molar-refractivity contribution >= 4 is 16.1 Å². The summed E-state index contributed by atoms with van der Waals surface area (Å²) in [7, 11) is -3.62. The molecule has 0 atom stereocenters. The third-order valence-corrected chi connectivity index (χ3v) is 6.70. The molecule has 3 nitrogen and oxygen atoms in total. The number of rotatable bonds is 6. The van der Waals surface area contributed by atoms with Crippen LogP contribution in [0.15, 0.2) is 77.2 Å². The van der Waals surface area contributed by atoms with Gasteiger partial charge in [0.25, 0.3) is 0 Å².